The van der Waals surface area contributed by atoms with E-state index < -0.39 is 23.9 Å². The van der Waals surface area contributed by atoms with Gasteiger partial charge in [-0.3, -0.25) is 9.59 Å². The van der Waals surface area contributed by atoms with Crippen molar-refractivity contribution in [2.24, 2.45) is 0 Å². The summed E-state index contributed by atoms with van der Waals surface area (Å²) in [6, 6.07) is 3.05. The molecule has 3 aliphatic rings. The van der Waals surface area contributed by atoms with Crippen LogP contribution in [0.4, 0.5) is 0 Å². The van der Waals surface area contributed by atoms with Gasteiger partial charge in [-0.1, -0.05) is 70.6 Å². The standard InChI is InChI=1S/C28H22O11S8/c1-35-20(31)16-17(21(32)36-2)43-24(42-16)11(9-29)13-7-8-14(39-13)15(12(10-30)25-46-27(40-5)28(41-6)47-25)26-44-18(22(33)37-3)19(45-26)23(34)38-4/h7-10H,1-6H3. The lowest BCUT2D eigenvalue weighted by Crippen LogP contribution is -2.08. The van der Waals surface area contributed by atoms with E-state index in [2.05, 4.69) is 0 Å². The van der Waals surface area contributed by atoms with Crippen LogP contribution < -0.4 is 0 Å². The molecule has 0 spiro atoms. The summed E-state index contributed by atoms with van der Waals surface area (Å²) in [5, 5.41) is 0. The van der Waals surface area contributed by atoms with Crippen LogP contribution in [0.3, 0.4) is 0 Å². The molecule has 0 amide bonds. The summed E-state index contributed by atoms with van der Waals surface area (Å²) in [6.07, 6.45) is 5.05. The lowest BCUT2D eigenvalue weighted by atomic mass is 10.1. The highest BCUT2D eigenvalue weighted by Gasteiger charge is 2.38. The van der Waals surface area contributed by atoms with Crippen LogP contribution in [0.5, 0.6) is 0 Å². The van der Waals surface area contributed by atoms with Crippen LogP contribution in [0, 0.1) is 0 Å². The normalized spacial score (nSPS) is 16.1. The fraction of sp³-hybridized carbons (Fsp3) is 0.214. The molecule has 47 heavy (non-hydrogen) atoms. The molecule has 0 aliphatic carbocycles. The first-order valence-electron chi connectivity index (χ1n) is 12.6. The van der Waals surface area contributed by atoms with Crippen LogP contribution in [-0.2, 0) is 47.7 Å². The van der Waals surface area contributed by atoms with Gasteiger partial charge >= 0.3 is 23.9 Å². The average Bonchev–Trinajstić information content (AvgIpc) is 3.91. The third-order valence-corrected chi connectivity index (χ3v) is 16.3. The minimum absolute atomic E-state index is 0.0205. The molecule has 0 saturated carbocycles. The highest BCUT2D eigenvalue weighted by atomic mass is 32.3. The molecule has 1 aromatic heterocycles. The molecule has 11 nitrogen and oxygen atoms in total. The van der Waals surface area contributed by atoms with Crippen molar-refractivity contribution in [1.82, 2.24) is 0 Å². The molecule has 0 saturated heterocycles. The molecule has 0 N–H and O–H groups in total. The molecule has 4 heterocycles. The van der Waals surface area contributed by atoms with E-state index in [0.717, 1.165) is 69.7 Å². The highest BCUT2D eigenvalue weighted by molar-refractivity contribution is 8.40. The maximum atomic E-state index is 12.9. The highest BCUT2D eigenvalue weighted by Crippen LogP contribution is 2.60. The maximum absolute atomic E-state index is 12.9. The second kappa shape index (κ2) is 16.9. The van der Waals surface area contributed by atoms with E-state index in [0.29, 0.717) is 21.0 Å². The fourth-order valence-electron chi connectivity index (χ4n) is 3.73. The summed E-state index contributed by atoms with van der Waals surface area (Å²) in [4.78, 5) is 75.4. The molecule has 19 heteroatoms. The Morgan fingerprint density at radius 3 is 1.36 bits per heavy atom. The van der Waals surface area contributed by atoms with Crippen molar-refractivity contribution in [3.05, 3.63) is 70.0 Å². The van der Waals surface area contributed by atoms with E-state index in [9.17, 15) is 28.8 Å². The van der Waals surface area contributed by atoms with Crippen molar-refractivity contribution < 1.29 is 52.1 Å². The van der Waals surface area contributed by atoms with E-state index in [1.807, 2.05) is 12.5 Å². The molecule has 0 fully saturated rings. The summed E-state index contributed by atoms with van der Waals surface area (Å²) in [6.45, 7) is 0. The van der Waals surface area contributed by atoms with Gasteiger partial charge in [0.05, 0.1) is 60.8 Å². The number of esters is 4. The predicted molar refractivity (Wildman–Crippen MR) is 193 cm³/mol. The fourth-order valence-corrected chi connectivity index (χ4v) is 13.8. The SMILES string of the molecule is COC(=O)C1=C(C(=O)OC)SC(=C(C=O)c2ccc(C(=C3SC(C(=O)OC)=C(C(=O)OC)S3)C(C=O)=C3SC(SC)=C(SC)S3)o2)S1. The topological polar surface area (TPSA) is 152 Å². The molecular weight excluding hydrogens is 769 g/mol. The maximum Gasteiger partial charge on any atom is 0.346 e. The third-order valence-electron chi connectivity index (χ3n) is 5.85. The van der Waals surface area contributed by atoms with Gasteiger partial charge in [-0.05, 0) is 24.6 Å². The predicted octanol–water partition coefficient (Wildman–Crippen LogP) is 6.63. The number of carbonyl (C=O) groups excluding carboxylic acids is 6. The van der Waals surface area contributed by atoms with E-state index in [4.69, 9.17) is 23.4 Å². The summed E-state index contributed by atoms with van der Waals surface area (Å²) < 4.78 is 28.9. The van der Waals surface area contributed by atoms with E-state index >= 15 is 0 Å². The number of thioether (sulfide) groups is 8. The van der Waals surface area contributed by atoms with Gasteiger partial charge in [0.25, 0.3) is 0 Å². The Morgan fingerprint density at radius 2 is 1.00 bits per heavy atom. The number of methoxy groups -OCH3 is 4. The smallest absolute Gasteiger partial charge is 0.346 e. The molecule has 248 valence electrons. The molecule has 0 radical (unpaired) electrons. The molecule has 0 atom stereocenters. The molecule has 1 aromatic rings. The van der Waals surface area contributed by atoms with Crippen LogP contribution in [0.2, 0.25) is 0 Å². The number of allylic oxidation sites excluding steroid dienone is 3. The van der Waals surface area contributed by atoms with Gasteiger partial charge < -0.3 is 23.4 Å². The Balaban J connectivity index is 1.89. The lowest BCUT2D eigenvalue weighted by Gasteiger charge is -2.11. The van der Waals surface area contributed by atoms with Crippen molar-refractivity contribution in [2.45, 2.75) is 0 Å². The zero-order valence-corrected chi connectivity index (χ0v) is 31.6. The Kier molecular flexibility index (Phi) is 13.5. The summed E-state index contributed by atoms with van der Waals surface area (Å²) in [5.74, 6) is -2.88. The number of rotatable bonds is 11. The van der Waals surface area contributed by atoms with Gasteiger partial charge in [-0.25, -0.2) is 19.2 Å². The molecular formula is C28H22O11S8. The zero-order chi connectivity index (χ0) is 34.4. The number of ether oxygens (including phenoxy) is 4. The van der Waals surface area contributed by atoms with Gasteiger partial charge in [0, 0.05) is 5.57 Å². The van der Waals surface area contributed by atoms with E-state index in [-0.39, 0.29) is 52.1 Å². The number of furan rings is 1. The second-order valence-electron chi connectivity index (χ2n) is 8.34. The Bertz CT molecular complexity index is 1680. The first-order valence-corrected chi connectivity index (χ1v) is 19.9. The molecule has 0 unspecified atom stereocenters. The zero-order valence-electron chi connectivity index (χ0n) is 25.1. The Labute approximate surface area is 302 Å². The van der Waals surface area contributed by atoms with Gasteiger partial charge in [0.15, 0.2) is 12.6 Å². The van der Waals surface area contributed by atoms with E-state index in [1.54, 1.807) is 6.07 Å². The largest absolute Gasteiger partial charge is 0.465 e. The number of carbonyl (C=O) groups is 6. The minimum Gasteiger partial charge on any atom is -0.465 e. The lowest BCUT2D eigenvalue weighted by molar-refractivity contribution is -0.138. The van der Waals surface area contributed by atoms with Crippen molar-refractivity contribution in [3.8, 4) is 0 Å². The van der Waals surface area contributed by atoms with Gasteiger partial charge in [0.2, 0.25) is 0 Å². The second-order valence-corrected chi connectivity index (χ2v) is 17.4. The average molecular weight is 791 g/mol. The first kappa shape index (κ1) is 37.6. The van der Waals surface area contributed by atoms with Crippen molar-refractivity contribution in [2.75, 3.05) is 41.0 Å². The van der Waals surface area contributed by atoms with Gasteiger partial charge in [0.1, 0.15) is 31.1 Å². The number of hydrogen-bond donors (Lipinski definition) is 0. The van der Waals surface area contributed by atoms with Gasteiger partial charge in [-0.2, -0.15) is 0 Å². The summed E-state index contributed by atoms with van der Waals surface area (Å²) in [7, 11) is 4.69. The Morgan fingerprint density at radius 1 is 0.596 bits per heavy atom. The van der Waals surface area contributed by atoms with Crippen molar-refractivity contribution >= 4 is 142 Å². The van der Waals surface area contributed by atoms with Crippen LogP contribution in [-0.4, -0.2) is 77.4 Å². The van der Waals surface area contributed by atoms with Crippen molar-refractivity contribution in [3.63, 3.8) is 0 Å². The Hall–Kier alpha value is -2.26. The molecule has 0 aromatic carbocycles. The third kappa shape index (κ3) is 7.82. The molecule has 4 rings (SSSR count). The monoisotopic (exact) mass is 790 g/mol. The summed E-state index contributed by atoms with van der Waals surface area (Å²) in [5.41, 5.74) is 0.520. The van der Waals surface area contributed by atoms with Crippen molar-refractivity contribution in [1.29, 1.82) is 0 Å². The van der Waals surface area contributed by atoms with Crippen LogP contribution >= 0.6 is 94.1 Å². The molecule has 0 bridgehead atoms. The minimum atomic E-state index is -0.780. The number of aldehydes is 2. The van der Waals surface area contributed by atoms with Crippen LogP contribution in [0.15, 0.2) is 62.9 Å². The molecule has 3 aliphatic heterocycles. The van der Waals surface area contributed by atoms with Gasteiger partial charge in [-0.15, -0.1) is 23.5 Å². The first-order chi connectivity index (χ1) is 22.6. The quantitative estimate of drug-likeness (QED) is 0.102. The van der Waals surface area contributed by atoms with E-state index in [1.165, 1.54) is 67.3 Å². The van der Waals surface area contributed by atoms with Crippen LogP contribution in [0.1, 0.15) is 11.5 Å². The summed E-state index contributed by atoms with van der Waals surface area (Å²) >= 11 is 9.45. The number of hydrogen-bond acceptors (Lipinski definition) is 19. The van der Waals surface area contributed by atoms with Crippen LogP contribution in [0.25, 0.3) is 11.1 Å².